The second kappa shape index (κ2) is 17.4. The summed E-state index contributed by atoms with van der Waals surface area (Å²) in [6.07, 6.45) is 5.68. The van der Waals surface area contributed by atoms with Crippen LogP contribution in [0.2, 0.25) is 0 Å². The van der Waals surface area contributed by atoms with Gasteiger partial charge >= 0.3 is 0 Å². The van der Waals surface area contributed by atoms with E-state index in [2.05, 4.69) is 0 Å². The van der Waals surface area contributed by atoms with Gasteiger partial charge in [-0.3, -0.25) is 0 Å². The molecule has 0 spiro atoms. The molecule has 1 N–H and O–H groups in total. The number of hydrogen-bond donors (Lipinski definition) is 1. The predicted molar refractivity (Wildman–Crippen MR) is 35.6 cm³/mol. The van der Waals surface area contributed by atoms with Gasteiger partial charge in [-0.15, -0.1) is 0 Å². The maximum Gasteiger partial charge on any atom is 0.00795 e. The van der Waals surface area contributed by atoms with Crippen LogP contribution >= 0.6 is 23.8 Å². The minimum atomic E-state index is 0.750. The Labute approximate surface area is 47.7 Å². The minimum Gasteiger partial charge on any atom is -0.330 e. The van der Waals surface area contributed by atoms with Gasteiger partial charge in [0.05, 0.1) is 0 Å². The van der Waals surface area contributed by atoms with Crippen molar-refractivity contribution >= 4 is 23.8 Å². The van der Waals surface area contributed by atoms with Crippen LogP contribution in [0.1, 0.15) is 0 Å². The minimum absolute atomic E-state index is 0.750. The summed E-state index contributed by atoms with van der Waals surface area (Å²) in [6, 6.07) is 0. The van der Waals surface area contributed by atoms with E-state index in [0.29, 0.717) is 0 Å². The van der Waals surface area contributed by atoms with Crippen LogP contribution in [0, 0.1) is 0 Å². The van der Waals surface area contributed by atoms with Crippen LogP contribution in [0.5, 0.6) is 0 Å². The van der Waals surface area contributed by atoms with Crippen molar-refractivity contribution in [3.05, 3.63) is 0 Å². The van der Waals surface area contributed by atoms with Crippen molar-refractivity contribution in [1.82, 2.24) is 0 Å². The molecule has 0 amide bonds. The van der Waals surface area contributed by atoms with Crippen LogP contribution in [0.25, 0.3) is 0 Å². The second-order valence-electron chi connectivity index (χ2n) is 0.591. The molecule has 40 valence electrons. The van der Waals surface area contributed by atoms with E-state index in [1.807, 2.05) is 12.5 Å². The van der Waals surface area contributed by atoms with Gasteiger partial charge in [-0.2, -0.15) is 11.8 Å². The SMILES string of the molecule is CSC.CSO. The van der Waals surface area contributed by atoms with E-state index in [1.165, 1.54) is 0 Å². The topological polar surface area (TPSA) is 20.2 Å². The molecule has 0 bridgehead atoms. The van der Waals surface area contributed by atoms with E-state index >= 15 is 0 Å². The molecule has 0 aliphatic heterocycles. The van der Waals surface area contributed by atoms with Crippen LogP contribution in [-0.4, -0.2) is 23.3 Å². The molecule has 0 unspecified atom stereocenters. The monoisotopic (exact) mass is 126 g/mol. The summed E-state index contributed by atoms with van der Waals surface area (Å²) in [7, 11) is 0. The lowest BCUT2D eigenvalue weighted by molar-refractivity contribution is 0.669. The van der Waals surface area contributed by atoms with Gasteiger partial charge in [0.1, 0.15) is 0 Å². The summed E-state index contributed by atoms with van der Waals surface area (Å²) in [5, 5.41) is 0. The molecule has 0 aliphatic carbocycles. The summed E-state index contributed by atoms with van der Waals surface area (Å²) < 4.78 is 7.49. The molecular weight excluding hydrogens is 116 g/mol. The summed E-state index contributed by atoms with van der Waals surface area (Å²) in [6.45, 7) is 0. The van der Waals surface area contributed by atoms with E-state index in [4.69, 9.17) is 4.55 Å². The molecule has 0 saturated heterocycles. The average Bonchev–Trinajstić information content (AvgIpc) is 1.39. The lowest BCUT2D eigenvalue weighted by atomic mass is 11.9. The highest BCUT2D eigenvalue weighted by molar-refractivity contribution is 7.97. The third-order valence-corrected chi connectivity index (χ3v) is 0. The van der Waals surface area contributed by atoms with Crippen molar-refractivity contribution in [2.24, 2.45) is 0 Å². The maximum atomic E-state index is 7.49. The molecule has 0 aromatic rings. The van der Waals surface area contributed by atoms with Crippen LogP contribution in [0.3, 0.4) is 0 Å². The lowest BCUT2D eigenvalue weighted by Crippen LogP contribution is -1.28. The highest BCUT2D eigenvalue weighted by Crippen LogP contribution is 1.70. The highest BCUT2D eigenvalue weighted by atomic mass is 32.2. The molecule has 0 aromatic carbocycles. The zero-order chi connectivity index (χ0) is 5.41. The maximum absolute atomic E-state index is 7.49. The van der Waals surface area contributed by atoms with E-state index in [-0.39, 0.29) is 0 Å². The summed E-state index contributed by atoms with van der Waals surface area (Å²) in [5.41, 5.74) is 0. The lowest BCUT2D eigenvalue weighted by Gasteiger charge is -1.52. The van der Waals surface area contributed by atoms with E-state index in [9.17, 15) is 0 Å². The molecule has 0 atom stereocenters. The molecule has 0 saturated carbocycles. The largest absolute Gasteiger partial charge is 0.330 e. The van der Waals surface area contributed by atoms with Gasteiger partial charge in [0.2, 0.25) is 0 Å². The Morgan fingerprint density at radius 1 is 1.17 bits per heavy atom. The number of rotatable bonds is 0. The van der Waals surface area contributed by atoms with Gasteiger partial charge in [0, 0.05) is 6.26 Å². The second-order valence-corrected chi connectivity index (χ2v) is 1.77. The Balaban J connectivity index is 0. The fourth-order valence-corrected chi connectivity index (χ4v) is 0. The Kier molecular flexibility index (Phi) is 28.4. The first-order valence-electron chi connectivity index (χ1n) is 1.41. The molecule has 1 nitrogen and oxygen atoms in total. The molecule has 3 heteroatoms. The first-order chi connectivity index (χ1) is 2.83. The van der Waals surface area contributed by atoms with Gasteiger partial charge in [0.25, 0.3) is 0 Å². The highest BCUT2D eigenvalue weighted by Gasteiger charge is 1.34. The first-order valence-corrected chi connectivity index (χ1v) is 4.22. The quantitative estimate of drug-likeness (QED) is 0.500. The Bertz CT molecular complexity index is 10.8. The zero-order valence-electron chi connectivity index (χ0n) is 4.26. The van der Waals surface area contributed by atoms with E-state index in [1.54, 1.807) is 18.0 Å². The van der Waals surface area contributed by atoms with Crippen molar-refractivity contribution in [2.75, 3.05) is 18.8 Å². The van der Waals surface area contributed by atoms with Gasteiger partial charge in [-0.05, 0) is 24.6 Å². The predicted octanol–water partition coefficient (Wildman–Crippen LogP) is 1.80. The van der Waals surface area contributed by atoms with Gasteiger partial charge in [-0.25, -0.2) is 0 Å². The van der Waals surface area contributed by atoms with Crippen LogP contribution in [0.15, 0.2) is 0 Å². The first kappa shape index (κ1) is 9.83. The van der Waals surface area contributed by atoms with Gasteiger partial charge in [-0.1, -0.05) is 0 Å². The van der Waals surface area contributed by atoms with Crippen LogP contribution in [-0.2, 0) is 0 Å². The van der Waals surface area contributed by atoms with Crippen molar-refractivity contribution in [3.63, 3.8) is 0 Å². The Hall–Kier alpha value is 0.660. The van der Waals surface area contributed by atoms with Gasteiger partial charge < -0.3 is 4.55 Å². The smallest absolute Gasteiger partial charge is 0.00795 e. The third kappa shape index (κ3) is 143. The molecule has 0 aliphatic rings. The van der Waals surface area contributed by atoms with E-state index in [0.717, 1.165) is 12.0 Å². The molecule has 0 fully saturated rings. The van der Waals surface area contributed by atoms with Crippen molar-refractivity contribution < 1.29 is 4.55 Å². The summed E-state index contributed by atoms with van der Waals surface area (Å²) in [4.78, 5) is 0. The Morgan fingerprint density at radius 2 is 1.17 bits per heavy atom. The van der Waals surface area contributed by atoms with Crippen LogP contribution < -0.4 is 0 Å². The third-order valence-electron chi connectivity index (χ3n) is 0. The number of hydrogen-bond acceptors (Lipinski definition) is 3. The molecule has 0 rings (SSSR count). The van der Waals surface area contributed by atoms with E-state index < -0.39 is 0 Å². The van der Waals surface area contributed by atoms with Crippen molar-refractivity contribution in [2.45, 2.75) is 0 Å². The molecular formula is C3H10OS2. The fourth-order valence-electron chi connectivity index (χ4n) is 0. The molecule has 0 aromatic heterocycles. The van der Waals surface area contributed by atoms with Crippen molar-refractivity contribution in [3.8, 4) is 0 Å². The van der Waals surface area contributed by atoms with Gasteiger partial charge in [0.15, 0.2) is 0 Å². The normalized spacial score (nSPS) is 6.00. The molecule has 0 heterocycles. The summed E-state index contributed by atoms with van der Waals surface area (Å²) >= 11 is 2.50. The molecule has 0 radical (unpaired) electrons. The number of thioether (sulfide) groups is 1. The van der Waals surface area contributed by atoms with Crippen molar-refractivity contribution in [1.29, 1.82) is 0 Å². The summed E-state index contributed by atoms with van der Waals surface area (Å²) in [5.74, 6) is 0. The zero-order valence-corrected chi connectivity index (χ0v) is 5.90. The Morgan fingerprint density at radius 3 is 1.17 bits per heavy atom. The standard InChI is InChI=1S/C2H6S.CH4OS/c2*1-3-2/h1-2H3;2H,1H3. The fraction of sp³-hybridized carbons (Fsp3) is 1.00. The van der Waals surface area contributed by atoms with Crippen LogP contribution in [0.4, 0.5) is 0 Å². The molecule has 6 heavy (non-hydrogen) atoms. The average molecular weight is 126 g/mol.